The molecule has 2 rings (SSSR count). The molecule has 7 nitrogen and oxygen atoms in total. The number of nitrogens with zero attached hydrogens (tertiary/aromatic N) is 3. The summed E-state index contributed by atoms with van der Waals surface area (Å²) in [5, 5.41) is 0. The van der Waals surface area contributed by atoms with Gasteiger partial charge in [-0.1, -0.05) is 6.92 Å². The van der Waals surface area contributed by atoms with E-state index in [9.17, 15) is 13.2 Å². The molecule has 0 aromatic carbocycles. The van der Waals surface area contributed by atoms with Crippen molar-refractivity contribution < 1.29 is 17.9 Å². The van der Waals surface area contributed by atoms with Crippen LogP contribution in [0.25, 0.3) is 0 Å². The molecule has 0 saturated carbocycles. The molecule has 2 aliphatic rings. The van der Waals surface area contributed by atoms with Crippen LogP contribution >= 0.6 is 0 Å². The molecule has 0 radical (unpaired) electrons. The monoisotopic (exact) mass is 319 g/mol. The van der Waals surface area contributed by atoms with Crippen molar-refractivity contribution in [1.29, 1.82) is 0 Å². The highest BCUT2D eigenvalue weighted by atomic mass is 32.2. The molecule has 8 heteroatoms. The van der Waals surface area contributed by atoms with Gasteiger partial charge in [0.15, 0.2) is 0 Å². The van der Waals surface area contributed by atoms with Gasteiger partial charge in [0.2, 0.25) is 0 Å². The van der Waals surface area contributed by atoms with E-state index in [2.05, 4.69) is 0 Å². The summed E-state index contributed by atoms with van der Waals surface area (Å²) in [6.07, 6.45) is 2.07. The molecule has 0 aliphatic carbocycles. The van der Waals surface area contributed by atoms with E-state index in [1.54, 1.807) is 9.21 Å². The Hall–Kier alpha value is -0.700. The molecule has 21 heavy (non-hydrogen) atoms. The number of rotatable bonds is 5. The van der Waals surface area contributed by atoms with Crippen molar-refractivity contribution in [3.8, 4) is 0 Å². The average Bonchev–Trinajstić information content (AvgIpc) is 3.03. The van der Waals surface area contributed by atoms with Gasteiger partial charge in [-0.15, -0.1) is 0 Å². The van der Waals surface area contributed by atoms with E-state index in [4.69, 9.17) is 4.74 Å². The van der Waals surface area contributed by atoms with Crippen LogP contribution in [0, 0.1) is 0 Å². The van der Waals surface area contributed by atoms with Gasteiger partial charge in [-0.05, 0) is 19.3 Å². The summed E-state index contributed by atoms with van der Waals surface area (Å²) < 4.78 is 33.1. The van der Waals surface area contributed by atoms with Crippen LogP contribution in [0.2, 0.25) is 0 Å². The summed E-state index contributed by atoms with van der Waals surface area (Å²) in [5.74, 6) is -0.0433. The van der Waals surface area contributed by atoms with Crippen LogP contribution in [-0.2, 0) is 19.7 Å². The highest BCUT2D eigenvalue weighted by Gasteiger charge is 2.35. The van der Waals surface area contributed by atoms with E-state index in [0.717, 1.165) is 12.8 Å². The first-order valence-corrected chi connectivity index (χ1v) is 8.97. The maximum atomic E-state index is 12.4. The minimum Gasteiger partial charge on any atom is -0.372 e. The molecule has 2 aliphatic heterocycles. The molecule has 0 N–H and O–H groups in total. The van der Waals surface area contributed by atoms with E-state index in [0.29, 0.717) is 45.7 Å². The fraction of sp³-hybridized carbons (Fsp3) is 0.923. The lowest BCUT2D eigenvalue weighted by Gasteiger charge is -2.36. The van der Waals surface area contributed by atoms with Crippen LogP contribution in [0.15, 0.2) is 0 Å². The molecule has 122 valence electrons. The van der Waals surface area contributed by atoms with Crippen molar-refractivity contribution in [2.75, 3.05) is 46.4 Å². The van der Waals surface area contributed by atoms with Crippen LogP contribution in [-0.4, -0.2) is 80.3 Å². The smallest absolute Gasteiger partial charge is 0.282 e. The Morgan fingerprint density at radius 3 is 2.05 bits per heavy atom. The Balaban J connectivity index is 1.92. The second-order valence-electron chi connectivity index (χ2n) is 5.47. The summed E-state index contributed by atoms with van der Waals surface area (Å²) in [4.78, 5) is 13.9. The van der Waals surface area contributed by atoms with Gasteiger partial charge in [-0.2, -0.15) is 17.0 Å². The van der Waals surface area contributed by atoms with Gasteiger partial charge in [0.05, 0.1) is 0 Å². The van der Waals surface area contributed by atoms with Crippen LogP contribution in [0.3, 0.4) is 0 Å². The quantitative estimate of drug-likeness (QED) is 0.709. The van der Waals surface area contributed by atoms with Crippen molar-refractivity contribution in [2.45, 2.75) is 32.3 Å². The van der Waals surface area contributed by atoms with Gasteiger partial charge in [-0.25, -0.2) is 0 Å². The largest absolute Gasteiger partial charge is 0.372 e. The Morgan fingerprint density at radius 1 is 1.05 bits per heavy atom. The molecule has 2 saturated heterocycles. The van der Waals surface area contributed by atoms with Gasteiger partial charge < -0.3 is 9.64 Å². The van der Waals surface area contributed by atoms with Gasteiger partial charge in [-0.3, -0.25) is 4.79 Å². The zero-order chi connectivity index (χ0) is 15.5. The van der Waals surface area contributed by atoms with Crippen LogP contribution in [0.5, 0.6) is 0 Å². The summed E-state index contributed by atoms with van der Waals surface area (Å²) in [5.41, 5.74) is 0. The van der Waals surface area contributed by atoms with Gasteiger partial charge in [0.1, 0.15) is 6.10 Å². The van der Waals surface area contributed by atoms with Crippen molar-refractivity contribution >= 4 is 16.1 Å². The molecule has 0 aromatic heterocycles. The standard InChI is InChI=1S/C13H25N3O4S/c1-3-12(20-2)13(17)14-8-10-16(11-9-14)21(18,19)15-6-4-5-7-15/h12H,3-11H2,1-2H3/t12-/m1/s1. The predicted molar refractivity (Wildman–Crippen MR) is 79.0 cm³/mol. The first kappa shape index (κ1) is 16.7. The predicted octanol–water partition coefficient (Wildman–Crippen LogP) is -0.104. The van der Waals surface area contributed by atoms with E-state index >= 15 is 0 Å². The Bertz CT molecular complexity index is 450. The van der Waals surface area contributed by atoms with Crippen molar-refractivity contribution in [3.05, 3.63) is 0 Å². The van der Waals surface area contributed by atoms with E-state index in [1.807, 2.05) is 6.92 Å². The number of methoxy groups -OCH3 is 1. The molecule has 0 spiro atoms. The van der Waals surface area contributed by atoms with Gasteiger partial charge in [0, 0.05) is 46.4 Å². The highest BCUT2D eigenvalue weighted by molar-refractivity contribution is 7.86. The zero-order valence-corrected chi connectivity index (χ0v) is 13.6. The lowest BCUT2D eigenvalue weighted by Crippen LogP contribution is -2.55. The second kappa shape index (κ2) is 7.04. The number of ether oxygens (including phenoxy) is 1. The fourth-order valence-corrected chi connectivity index (χ4v) is 4.54. The number of carbonyl (C=O) groups excluding carboxylic acids is 1. The molecule has 1 amide bonds. The van der Waals surface area contributed by atoms with Crippen LogP contribution in [0.4, 0.5) is 0 Å². The minimum atomic E-state index is -3.34. The first-order valence-electron chi connectivity index (χ1n) is 7.57. The van der Waals surface area contributed by atoms with E-state index < -0.39 is 16.3 Å². The van der Waals surface area contributed by atoms with Crippen LogP contribution < -0.4 is 0 Å². The number of hydrogen-bond donors (Lipinski definition) is 0. The number of carbonyl (C=O) groups is 1. The van der Waals surface area contributed by atoms with Crippen molar-refractivity contribution in [3.63, 3.8) is 0 Å². The molecule has 0 aromatic rings. The first-order chi connectivity index (χ1) is 10.0. The van der Waals surface area contributed by atoms with E-state index in [-0.39, 0.29) is 5.91 Å². The van der Waals surface area contributed by atoms with Crippen LogP contribution in [0.1, 0.15) is 26.2 Å². The maximum absolute atomic E-state index is 12.4. The Labute approximate surface area is 127 Å². The Kier molecular flexibility index (Phi) is 5.59. The molecule has 0 bridgehead atoms. The summed E-state index contributed by atoms with van der Waals surface area (Å²) in [7, 11) is -1.82. The summed E-state index contributed by atoms with van der Waals surface area (Å²) in [6, 6.07) is 0. The second-order valence-corrected chi connectivity index (χ2v) is 7.40. The normalized spacial score (nSPS) is 23.4. The number of amides is 1. The van der Waals surface area contributed by atoms with Gasteiger partial charge in [0.25, 0.3) is 16.1 Å². The highest BCUT2D eigenvalue weighted by Crippen LogP contribution is 2.18. The minimum absolute atomic E-state index is 0.0433. The zero-order valence-electron chi connectivity index (χ0n) is 12.8. The molecular weight excluding hydrogens is 294 g/mol. The lowest BCUT2D eigenvalue weighted by molar-refractivity contribution is -0.143. The molecule has 2 fully saturated rings. The van der Waals surface area contributed by atoms with Crippen molar-refractivity contribution in [2.24, 2.45) is 0 Å². The lowest BCUT2D eigenvalue weighted by atomic mass is 10.2. The third kappa shape index (κ3) is 3.56. The average molecular weight is 319 g/mol. The maximum Gasteiger partial charge on any atom is 0.282 e. The number of piperazine rings is 1. The molecule has 0 unspecified atom stereocenters. The third-order valence-electron chi connectivity index (χ3n) is 4.20. The van der Waals surface area contributed by atoms with Gasteiger partial charge >= 0.3 is 0 Å². The molecule has 1 atom stereocenters. The summed E-state index contributed by atoms with van der Waals surface area (Å²) in [6.45, 7) is 4.74. The molecule has 2 heterocycles. The fourth-order valence-electron chi connectivity index (χ4n) is 2.87. The van der Waals surface area contributed by atoms with E-state index in [1.165, 1.54) is 11.4 Å². The molecular formula is C13H25N3O4S. The third-order valence-corrected chi connectivity index (χ3v) is 6.23. The van der Waals surface area contributed by atoms with Crippen molar-refractivity contribution in [1.82, 2.24) is 13.5 Å². The SMILES string of the molecule is CC[C@@H](OC)C(=O)N1CCN(S(=O)(=O)N2CCCC2)CC1. The summed E-state index contributed by atoms with van der Waals surface area (Å²) >= 11 is 0. The number of hydrogen-bond acceptors (Lipinski definition) is 4. The topological polar surface area (TPSA) is 70.2 Å². The Morgan fingerprint density at radius 2 is 1.57 bits per heavy atom.